The van der Waals surface area contributed by atoms with Gasteiger partial charge in [-0.15, -0.1) is 0 Å². The molecular formula is C12H17N. The molecule has 1 N–H and O–H groups in total. The van der Waals surface area contributed by atoms with Crippen molar-refractivity contribution in [2.45, 2.75) is 26.7 Å². The standard InChI is InChI=1S/C12H17N/c1-5-13-12-8-11(9(2)3)7-6-10(12)4/h5-9,13H,1H2,2-4H3. The summed E-state index contributed by atoms with van der Waals surface area (Å²) < 4.78 is 0. The third-order valence-electron chi connectivity index (χ3n) is 2.19. The zero-order chi connectivity index (χ0) is 9.84. The Kier molecular flexibility index (Phi) is 3.13. The second-order valence-electron chi connectivity index (χ2n) is 3.58. The van der Waals surface area contributed by atoms with Crippen molar-refractivity contribution in [2.24, 2.45) is 0 Å². The molecule has 70 valence electrons. The molecule has 0 saturated heterocycles. The van der Waals surface area contributed by atoms with Crippen molar-refractivity contribution in [1.82, 2.24) is 0 Å². The Morgan fingerprint density at radius 2 is 2.08 bits per heavy atom. The predicted octanol–water partition coefficient (Wildman–Crippen LogP) is 3.67. The van der Waals surface area contributed by atoms with Gasteiger partial charge in [0.2, 0.25) is 0 Å². The number of nitrogens with one attached hydrogen (secondary N) is 1. The van der Waals surface area contributed by atoms with Crippen molar-refractivity contribution < 1.29 is 0 Å². The Balaban J connectivity index is 3.03. The van der Waals surface area contributed by atoms with Crippen molar-refractivity contribution in [3.05, 3.63) is 42.1 Å². The molecule has 1 heteroatoms. The van der Waals surface area contributed by atoms with Crippen LogP contribution in [-0.2, 0) is 0 Å². The summed E-state index contributed by atoms with van der Waals surface area (Å²) in [4.78, 5) is 0. The molecule has 0 fully saturated rings. The SMILES string of the molecule is C=CNc1cc(C(C)C)ccc1C. The zero-order valence-electron chi connectivity index (χ0n) is 8.59. The van der Waals surface area contributed by atoms with Crippen LogP contribution in [0.2, 0.25) is 0 Å². The molecule has 1 aromatic rings. The van der Waals surface area contributed by atoms with Gasteiger partial charge < -0.3 is 5.32 Å². The molecular weight excluding hydrogens is 158 g/mol. The minimum absolute atomic E-state index is 0.575. The molecule has 13 heavy (non-hydrogen) atoms. The van der Waals surface area contributed by atoms with Gasteiger partial charge in [-0.05, 0) is 36.2 Å². The molecule has 0 atom stereocenters. The van der Waals surface area contributed by atoms with Gasteiger partial charge >= 0.3 is 0 Å². The van der Waals surface area contributed by atoms with Crippen LogP contribution < -0.4 is 5.32 Å². The van der Waals surface area contributed by atoms with Crippen LogP contribution in [0.3, 0.4) is 0 Å². The first-order valence-corrected chi connectivity index (χ1v) is 4.63. The third-order valence-corrected chi connectivity index (χ3v) is 2.19. The summed E-state index contributed by atoms with van der Waals surface area (Å²) in [5, 5.41) is 3.13. The summed E-state index contributed by atoms with van der Waals surface area (Å²) >= 11 is 0. The lowest BCUT2D eigenvalue weighted by molar-refractivity contribution is 0.866. The maximum Gasteiger partial charge on any atom is 0.0412 e. The average molecular weight is 175 g/mol. The fourth-order valence-electron chi connectivity index (χ4n) is 1.26. The van der Waals surface area contributed by atoms with Crippen molar-refractivity contribution in [2.75, 3.05) is 5.32 Å². The number of benzene rings is 1. The molecule has 0 aromatic heterocycles. The average Bonchev–Trinajstić information content (AvgIpc) is 2.08. The van der Waals surface area contributed by atoms with Gasteiger partial charge in [0.25, 0.3) is 0 Å². The minimum Gasteiger partial charge on any atom is -0.362 e. The van der Waals surface area contributed by atoms with Crippen LogP contribution in [-0.4, -0.2) is 0 Å². The molecule has 0 unspecified atom stereocenters. The number of rotatable bonds is 3. The van der Waals surface area contributed by atoms with Gasteiger partial charge in [-0.2, -0.15) is 0 Å². The molecule has 0 aliphatic heterocycles. The summed E-state index contributed by atoms with van der Waals surface area (Å²) in [6.45, 7) is 10.1. The second-order valence-corrected chi connectivity index (χ2v) is 3.58. The van der Waals surface area contributed by atoms with E-state index in [0.29, 0.717) is 5.92 Å². The van der Waals surface area contributed by atoms with Gasteiger partial charge in [-0.1, -0.05) is 32.6 Å². The topological polar surface area (TPSA) is 12.0 Å². The molecule has 0 bridgehead atoms. The van der Waals surface area contributed by atoms with Crippen LogP contribution in [0.1, 0.15) is 30.9 Å². The van der Waals surface area contributed by atoms with Crippen molar-refractivity contribution in [3.63, 3.8) is 0 Å². The summed E-state index contributed by atoms with van der Waals surface area (Å²) in [6, 6.07) is 6.50. The highest BCUT2D eigenvalue weighted by Gasteiger charge is 2.01. The van der Waals surface area contributed by atoms with Crippen LogP contribution in [0.4, 0.5) is 5.69 Å². The normalized spacial score (nSPS) is 10.2. The fraction of sp³-hybridized carbons (Fsp3) is 0.333. The molecule has 0 saturated carbocycles. The highest BCUT2D eigenvalue weighted by atomic mass is 14.8. The van der Waals surface area contributed by atoms with E-state index in [-0.39, 0.29) is 0 Å². The van der Waals surface area contributed by atoms with E-state index in [4.69, 9.17) is 0 Å². The largest absolute Gasteiger partial charge is 0.362 e. The smallest absolute Gasteiger partial charge is 0.0412 e. The molecule has 0 aliphatic carbocycles. The lowest BCUT2D eigenvalue weighted by Gasteiger charge is -2.10. The lowest BCUT2D eigenvalue weighted by atomic mass is 10.0. The van der Waals surface area contributed by atoms with Crippen LogP contribution in [0, 0.1) is 6.92 Å². The van der Waals surface area contributed by atoms with Gasteiger partial charge in [0.15, 0.2) is 0 Å². The molecule has 0 heterocycles. The number of hydrogen-bond acceptors (Lipinski definition) is 1. The Hall–Kier alpha value is -1.24. The highest BCUT2D eigenvalue weighted by Crippen LogP contribution is 2.22. The van der Waals surface area contributed by atoms with Crippen molar-refractivity contribution in [3.8, 4) is 0 Å². The van der Waals surface area contributed by atoms with E-state index in [2.05, 4.69) is 50.9 Å². The summed E-state index contributed by atoms with van der Waals surface area (Å²) in [6.07, 6.45) is 1.71. The lowest BCUT2D eigenvalue weighted by Crippen LogP contribution is -1.94. The monoisotopic (exact) mass is 175 g/mol. The first-order valence-electron chi connectivity index (χ1n) is 4.63. The van der Waals surface area contributed by atoms with Gasteiger partial charge in [-0.25, -0.2) is 0 Å². The molecule has 1 nitrogen and oxygen atoms in total. The Bertz CT molecular complexity index is 300. The fourth-order valence-corrected chi connectivity index (χ4v) is 1.26. The quantitative estimate of drug-likeness (QED) is 0.739. The maximum atomic E-state index is 3.66. The van der Waals surface area contributed by atoms with Crippen LogP contribution in [0.5, 0.6) is 0 Å². The van der Waals surface area contributed by atoms with E-state index in [0.717, 1.165) is 5.69 Å². The van der Waals surface area contributed by atoms with E-state index in [1.807, 2.05) is 0 Å². The van der Waals surface area contributed by atoms with Crippen molar-refractivity contribution >= 4 is 5.69 Å². The third kappa shape index (κ3) is 2.35. The van der Waals surface area contributed by atoms with Crippen LogP contribution in [0.15, 0.2) is 31.0 Å². The second kappa shape index (κ2) is 4.13. The van der Waals surface area contributed by atoms with Gasteiger partial charge in [0.05, 0.1) is 0 Å². The molecule has 1 aromatic carbocycles. The maximum absolute atomic E-state index is 3.66. The predicted molar refractivity (Wildman–Crippen MR) is 59.1 cm³/mol. The van der Waals surface area contributed by atoms with Crippen LogP contribution in [0.25, 0.3) is 0 Å². The Morgan fingerprint density at radius 1 is 1.38 bits per heavy atom. The highest BCUT2D eigenvalue weighted by molar-refractivity contribution is 5.54. The molecule has 0 amide bonds. The summed E-state index contributed by atoms with van der Waals surface area (Å²) in [5.74, 6) is 0.575. The minimum atomic E-state index is 0.575. The first kappa shape index (κ1) is 9.85. The Morgan fingerprint density at radius 3 is 2.62 bits per heavy atom. The van der Waals surface area contributed by atoms with E-state index in [9.17, 15) is 0 Å². The molecule has 0 aliphatic rings. The first-order chi connectivity index (χ1) is 6.15. The van der Waals surface area contributed by atoms with E-state index in [1.165, 1.54) is 11.1 Å². The van der Waals surface area contributed by atoms with Gasteiger partial charge in [0, 0.05) is 5.69 Å². The van der Waals surface area contributed by atoms with Gasteiger partial charge in [0.1, 0.15) is 0 Å². The summed E-state index contributed by atoms with van der Waals surface area (Å²) in [5.41, 5.74) is 3.76. The van der Waals surface area contributed by atoms with Crippen LogP contribution >= 0.6 is 0 Å². The molecule has 1 rings (SSSR count). The molecule has 0 radical (unpaired) electrons. The van der Waals surface area contributed by atoms with E-state index in [1.54, 1.807) is 6.20 Å². The van der Waals surface area contributed by atoms with E-state index >= 15 is 0 Å². The molecule has 0 spiro atoms. The van der Waals surface area contributed by atoms with Crippen molar-refractivity contribution in [1.29, 1.82) is 0 Å². The number of aryl methyl sites for hydroxylation is 1. The zero-order valence-corrected chi connectivity index (χ0v) is 8.59. The Labute approximate surface area is 80.5 Å². The van der Waals surface area contributed by atoms with E-state index < -0.39 is 0 Å². The van der Waals surface area contributed by atoms with Gasteiger partial charge in [-0.3, -0.25) is 0 Å². The number of anilines is 1. The number of hydrogen-bond donors (Lipinski definition) is 1. The summed E-state index contributed by atoms with van der Waals surface area (Å²) in [7, 11) is 0.